The molecule has 0 aliphatic rings. The summed E-state index contributed by atoms with van der Waals surface area (Å²) in [6, 6.07) is 15.8. The molecule has 0 spiro atoms. The Morgan fingerprint density at radius 2 is 2.00 bits per heavy atom. The molecule has 1 aromatic heterocycles. The van der Waals surface area contributed by atoms with Gasteiger partial charge in [0.05, 0.1) is 11.6 Å². The fourth-order valence-electron chi connectivity index (χ4n) is 2.36. The smallest absolute Gasteiger partial charge is 0.0991 e. The highest BCUT2D eigenvalue weighted by Gasteiger charge is 2.10. The van der Waals surface area contributed by atoms with Crippen molar-refractivity contribution >= 4 is 22.5 Å². The Hall–Kier alpha value is -2.24. The summed E-state index contributed by atoms with van der Waals surface area (Å²) in [5, 5.41) is 10.1. The molecule has 3 aromatic rings. The lowest BCUT2D eigenvalue weighted by atomic mass is 10.00. The first-order valence-electron chi connectivity index (χ1n) is 5.99. The molecule has 0 radical (unpaired) electrons. The van der Waals surface area contributed by atoms with Crippen LogP contribution in [0.1, 0.15) is 11.1 Å². The number of nitrogens with zero attached hydrogens (tertiary/aromatic N) is 1. The Kier molecular flexibility index (Phi) is 2.98. The average Bonchev–Trinajstić information content (AvgIpc) is 2.91. The van der Waals surface area contributed by atoms with Gasteiger partial charge in [0.15, 0.2) is 0 Å². The van der Waals surface area contributed by atoms with Gasteiger partial charge in [-0.25, -0.2) is 0 Å². The second-order valence-corrected chi connectivity index (χ2v) is 4.64. The molecule has 19 heavy (non-hydrogen) atoms. The molecule has 0 amide bonds. The van der Waals surface area contributed by atoms with Crippen LogP contribution in [0.4, 0.5) is 0 Å². The number of fused-ring (bicyclic) bond motifs is 1. The van der Waals surface area contributed by atoms with Crippen molar-refractivity contribution in [2.24, 2.45) is 0 Å². The molecule has 1 N–H and O–H groups in total. The van der Waals surface area contributed by atoms with Crippen LogP contribution in [0, 0.1) is 11.3 Å². The highest BCUT2D eigenvalue weighted by Crippen LogP contribution is 2.32. The maximum absolute atomic E-state index is 8.99. The van der Waals surface area contributed by atoms with Crippen molar-refractivity contribution < 1.29 is 0 Å². The van der Waals surface area contributed by atoms with E-state index in [1.54, 1.807) is 6.07 Å². The minimum atomic E-state index is 0.472. The monoisotopic (exact) mass is 266 g/mol. The van der Waals surface area contributed by atoms with Crippen molar-refractivity contribution in [1.29, 1.82) is 5.26 Å². The number of rotatable bonds is 2. The van der Waals surface area contributed by atoms with Gasteiger partial charge in [-0.3, -0.25) is 0 Å². The summed E-state index contributed by atoms with van der Waals surface area (Å²) < 4.78 is 0. The Balaban J connectivity index is 2.28. The molecule has 3 heteroatoms. The fourth-order valence-corrected chi connectivity index (χ4v) is 2.58. The van der Waals surface area contributed by atoms with E-state index in [0.717, 1.165) is 27.6 Å². The summed E-state index contributed by atoms with van der Waals surface area (Å²) >= 11 is 6.01. The molecule has 0 bridgehead atoms. The lowest BCUT2D eigenvalue weighted by Crippen LogP contribution is -1.83. The van der Waals surface area contributed by atoms with Crippen LogP contribution in [0.25, 0.3) is 22.0 Å². The van der Waals surface area contributed by atoms with Crippen LogP contribution in [0.15, 0.2) is 48.7 Å². The number of halogens is 1. The van der Waals surface area contributed by atoms with E-state index in [1.807, 2.05) is 42.6 Å². The van der Waals surface area contributed by atoms with E-state index < -0.39 is 0 Å². The maximum Gasteiger partial charge on any atom is 0.0991 e. The zero-order chi connectivity index (χ0) is 13.2. The molecule has 0 aliphatic carbocycles. The number of alkyl halides is 1. The second kappa shape index (κ2) is 4.79. The molecule has 0 saturated heterocycles. The predicted octanol–water partition coefficient (Wildman–Crippen LogP) is 4.45. The van der Waals surface area contributed by atoms with E-state index in [2.05, 4.69) is 11.1 Å². The summed E-state index contributed by atoms with van der Waals surface area (Å²) in [6.45, 7) is 0. The SMILES string of the molecule is N#Cc1cccc(-c2c[nH]c3cccc(CCl)c23)c1. The molecule has 1 heterocycles. The number of benzene rings is 2. The van der Waals surface area contributed by atoms with E-state index >= 15 is 0 Å². The van der Waals surface area contributed by atoms with Crippen LogP contribution >= 0.6 is 11.6 Å². The lowest BCUT2D eigenvalue weighted by molar-refractivity contribution is 1.44. The van der Waals surface area contributed by atoms with Crippen LogP contribution < -0.4 is 0 Å². The summed E-state index contributed by atoms with van der Waals surface area (Å²) in [5.74, 6) is 0.472. The largest absolute Gasteiger partial charge is 0.361 e. The highest BCUT2D eigenvalue weighted by molar-refractivity contribution is 6.18. The van der Waals surface area contributed by atoms with Crippen LogP contribution in [0.5, 0.6) is 0 Å². The van der Waals surface area contributed by atoms with Gasteiger partial charge in [0.2, 0.25) is 0 Å². The van der Waals surface area contributed by atoms with Gasteiger partial charge in [-0.1, -0.05) is 24.3 Å². The fraction of sp³-hybridized carbons (Fsp3) is 0.0625. The number of nitrogens with one attached hydrogen (secondary N) is 1. The topological polar surface area (TPSA) is 39.6 Å². The average molecular weight is 267 g/mol. The quantitative estimate of drug-likeness (QED) is 0.684. The van der Waals surface area contributed by atoms with E-state index in [0.29, 0.717) is 11.4 Å². The van der Waals surface area contributed by atoms with Crippen LogP contribution in [-0.4, -0.2) is 4.98 Å². The summed E-state index contributed by atoms with van der Waals surface area (Å²) in [7, 11) is 0. The maximum atomic E-state index is 8.99. The van der Waals surface area contributed by atoms with Crippen LogP contribution in [0.2, 0.25) is 0 Å². The van der Waals surface area contributed by atoms with E-state index in [4.69, 9.17) is 16.9 Å². The van der Waals surface area contributed by atoms with E-state index in [9.17, 15) is 0 Å². The molecule has 3 rings (SSSR count). The zero-order valence-electron chi connectivity index (χ0n) is 10.2. The minimum Gasteiger partial charge on any atom is -0.361 e. The molecule has 2 nitrogen and oxygen atoms in total. The number of nitriles is 1. The third kappa shape index (κ3) is 1.99. The van der Waals surface area contributed by atoms with Crippen LogP contribution in [0.3, 0.4) is 0 Å². The molecular weight excluding hydrogens is 256 g/mol. The van der Waals surface area contributed by atoms with Crippen LogP contribution in [-0.2, 0) is 5.88 Å². The summed E-state index contributed by atoms with van der Waals surface area (Å²) in [6.07, 6.45) is 1.97. The minimum absolute atomic E-state index is 0.472. The van der Waals surface area contributed by atoms with Gasteiger partial charge in [0.25, 0.3) is 0 Å². The van der Waals surface area contributed by atoms with Crippen molar-refractivity contribution in [3.8, 4) is 17.2 Å². The number of hydrogen-bond donors (Lipinski definition) is 1. The van der Waals surface area contributed by atoms with Crippen molar-refractivity contribution in [2.75, 3.05) is 0 Å². The molecule has 0 unspecified atom stereocenters. The molecule has 92 valence electrons. The van der Waals surface area contributed by atoms with E-state index in [-0.39, 0.29) is 0 Å². The second-order valence-electron chi connectivity index (χ2n) is 4.37. The first-order chi connectivity index (χ1) is 9.33. The molecule has 0 fully saturated rings. The Labute approximate surface area is 116 Å². The Morgan fingerprint density at radius 3 is 2.79 bits per heavy atom. The van der Waals surface area contributed by atoms with Crippen molar-refractivity contribution in [3.63, 3.8) is 0 Å². The third-order valence-electron chi connectivity index (χ3n) is 3.24. The van der Waals surface area contributed by atoms with Gasteiger partial charge in [0, 0.05) is 28.5 Å². The highest BCUT2D eigenvalue weighted by atomic mass is 35.5. The molecule has 2 aromatic carbocycles. The molecule has 0 atom stereocenters. The summed E-state index contributed by atoms with van der Waals surface area (Å²) in [5.41, 5.74) is 4.94. The number of H-pyrrole nitrogens is 1. The first-order valence-corrected chi connectivity index (χ1v) is 6.52. The number of aromatic amines is 1. The first kappa shape index (κ1) is 11.8. The van der Waals surface area contributed by atoms with Crippen molar-refractivity contribution in [3.05, 3.63) is 59.8 Å². The van der Waals surface area contributed by atoms with Crippen molar-refractivity contribution in [1.82, 2.24) is 4.98 Å². The molecule has 0 saturated carbocycles. The van der Waals surface area contributed by atoms with Gasteiger partial charge in [0.1, 0.15) is 0 Å². The molecular formula is C16H11ClN2. The number of hydrogen-bond acceptors (Lipinski definition) is 1. The van der Waals surface area contributed by atoms with Gasteiger partial charge in [-0.05, 0) is 29.3 Å². The predicted molar refractivity (Wildman–Crippen MR) is 78.0 cm³/mol. The Morgan fingerprint density at radius 1 is 1.16 bits per heavy atom. The normalized spacial score (nSPS) is 10.5. The van der Waals surface area contributed by atoms with Crippen molar-refractivity contribution in [2.45, 2.75) is 5.88 Å². The summed E-state index contributed by atoms with van der Waals surface area (Å²) in [4.78, 5) is 3.26. The van der Waals surface area contributed by atoms with Gasteiger partial charge >= 0.3 is 0 Å². The van der Waals surface area contributed by atoms with Gasteiger partial charge in [-0.15, -0.1) is 11.6 Å². The lowest BCUT2D eigenvalue weighted by Gasteiger charge is -2.04. The van der Waals surface area contributed by atoms with Gasteiger partial charge < -0.3 is 4.98 Å². The Bertz CT molecular complexity index is 781. The standard InChI is InChI=1S/C16H11ClN2/c17-8-13-5-2-6-15-16(13)14(10-19-15)12-4-1-3-11(7-12)9-18/h1-7,10,19H,8H2. The number of aromatic nitrogens is 1. The molecule has 0 aliphatic heterocycles. The zero-order valence-corrected chi connectivity index (χ0v) is 10.9. The van der Waals surface area contributed by atoms with E-state index in [1.165, 1.54) is 0 Å². The third-order valence-corrected chi connectivity index (χ3v) is 3.53. The van der Waals surface area contributed by atoms with Gasteiger partial charge in [-0.2, -0.15) is 5.26 Å².